The Kier molecular flexibility index (Phi) is 46.6. The molecule has 1 aromatic heterocycles. The summed E-state index contributed by atoms with van der Waals surface area (Å²) in [6.45, 7) is -0.925. The first-order valence-corrected chi connectivity index (χ1v) is 45.8. The molecule has 4 aromatic carbocycles. The number of carbonyl (C=O) groups is 23. The van der Waals surface area contributed by atoms with Gasteiger partial charge >= 0.3 is 29.8 Å². The number of primary amides is 1. The number of nitrogens with one attached hydrogen (secondary N) is 16. The fourth-order valence-electron chi connectivity index (χ4n) is 14.7. The number of aliphatic carboxylic acids is 4. The number of aromatic hydroxyl groups is 4. The van der Waals surface area contributed by atoms with Gasteiger partial charge in [0.05, 0.1) is 69.5 Å². The number of cyclic esters (lactones) is 1. The summed E-state index contributed by atoms with van der Waals surface area (Å²) in [6.07, 6.45) is -3.85. The molecule has 0 aliphatic carbocycles. The van der Waals surface area contributed by atoms with Gasteiger partial charge in [-0.2, -0.15) is 0 Å². The number of carboxylic acid groups (broad SMARTS) is 4. The van der Waals surface area contributed by atoms with E-state index in [1.165, 1.54) is 36.4 Å². The number of benzene rings is 4. The third-order valence-corrected chi connectivity index (χ3v) is 22.4. The van der Waals surface area contributed by atoms with Crippen LogP contribution in [0.15, 0.2) is 91.1 Å². The van der Waals surface area contributed by atoms with E-state index in [0.717, 1.165) is 82.0 Å². The molecular weight excluding hydrogens is 1900 g/mol. The minimum Gasteiger partial charge on any atom is -0.504 e. The number of carboxylic acids is 4. The molecule has 0 saturated carbocycles. The minimum atomic E-state index is -2.58. The summed E-state index contributed by atoms with van der Waals surface area (Å²) >= 11 is 0. The number of para-hydroxylation sites is 4. The molecule has 6 rings (SSSR count). The maximum absolute atomic E-state index is 15.2. The Balaban J connectivity index is 1.43. The number of aromatic nitrogens is 1. The standard InChI is InChI=1S/C92H121N19O33/c1-5-6-7-8-9-10-11-30-68(117)102-57(35-49-41-97-55-26-15-13-21-50(49)55)85(136)105-58(37-67(94)116)86(137)107-61(40-75(127)128)87(138)110-77-48(4)144-92(143)62(36-66(115)51-22-12-14-25-54(51)93)108-90(141)76(46(2)34-72(121)122)109-88(139)63(45-112)103-70(119)42-98-82(133)59(38-73(123)124)104-80(131)47(3)100-84(135)60(39-74(125)126)106-83(134)56(101-69(118)43-99-89(77)140)27-20-32-95-71(120)44-111(91(142)53-24-19-29-65(114)79(53)130)33-17-16-31-96-81(132)52-23-18-28-64(113)78(52)129/h12-15,18-19,21-26,28-29,41,46-48,56-63,76-77,97,112-114,129-130H,5-11,16-17,20,27,30-40,42-45,93H2,1-4H3,(H2,94,116)(H,95,120)(H,96,132)(H,98,133)(H,99,140)(H,100,135)(H,101,118)(H,102,117)(H,103,119)(H,104,131)(H,105,136)(H,106,134)(H,107,137)(H,108,141)(H,109,139)(H,110,138)(H,121,122)(H,123,124)(H,125,126)(H,127,128)/t46?,47-,48-,56+,57+,58-,59+,60+,61+,62+,63-,76+,77+/m1/s1. The predicted molar refractivity (Wildman–Crippen MR) is 501 cm³/mol. The molecule has 17 amide bonds. The molecule has 1 aliphatic heterocycles. The highest BCUT2D eigenvalue weighted by Gasteiger charge is 2.42. The van der Waals surface area contributed by atoms with Crippen LogP contribution in [0.1, 0.15) is 180 Å². The molecule has 144 heavy (non-hydrogen) atoms. The molecule has 13 atom stereocenters. The Hall–Kier alpha value is -16.6. The average Bonchev–Trinajstić information content (AvgIpc) is 1.64. The van der Waals surface area contributed by atoms with E-state index in [1.54, 1.807) is 30.5 Å². The summed E-state index contributed by atoms with van der Waals surface area (Å²) in [5.74, 6) is -37.1. The van der Waals surface area contributed by atoms with Gasteiger partial charge in [0.25, 0.3) is 11.8 Å². The number of phenols is 4. The highest BCUT2D eigenvalue weighted by molar-refractivity contribution is 6.06. The molecule has 52 nitrogen and oxygen atoms in total. The number of nitrogens with zero attached hydrogens (tertiary/aromatic N) is 1. The quantitative estimate of drug-likeness (QED) is 0.00577. The van der Waals surface area contributed by atoms with Crippen molar-refractivity contribution in [2.24, 2.45) is 11.7 Å². The van der Waals surface area contributed by atoms with Gasteiger partial charge in [0, 0.05) is 67.2 Å². The summed E-state index contributed by atoms with van der Waals surface area (Å²) in [5.41, 5.74) is 11.5. The van der Waals surface area contributed by atoms with Crippen molar-refractivity contribution in [3.63, 3.8) is 0 Å². The number of amides is 17. The molecule has 52 heteroatoms. The Morgan fingerprint density at radius 1 is 0.500 bits per heavy atom. The number of anilines is 1. The van der Waals surface area contributed by atoms with E-state index < -0.39 is 327 Å². The number of aliphatic hydroxyl groups excluding tert-OH is 1. The number of unbranched alkanes of at least 4 members (excludes halogenated alkanes) is 7. The zero-order valence-corrected chi connectivity index (χ0v) is 79.0. The van der Waals surface area contributed by atoms with Crippen molar-refractivity contribution in [3.8, 4) is 23.0 Å². The summed E-state index contributed by atoms with van der Waals surface area (Å²) in [7, 11) is 0. The number of esters is 1. The Bertz CT molecular complexity index is 5520. The van der Waals surface area contributed by atoms with E-state index >= 15 is 14.4 Å². The number of hydrogen-bond donors (Lipinski definition) is 27. The first kappa shape index (κ1) is 116. The molecule has 1 fully saturated rings. The van der Waals surface area contributed by atoms with Crippen molar-refractivity contribution < 1.29 is 161 Å². The van der Waals surface area contributed by atoms with Crippen LogP contribution in [-0.4, -0.2) is 310 Å². The van der Waals surface area contributed by atoms with Crippen LogP contribution in [-0.2, 0) is 107 Å². The number of aromatic amines is 1. The van der Waals surface area contributed by atoms with Gasteiger partial charge in [0.1, 0.15) is 72.6 Å². The van der Waals surface area contributed by atoms with Gasteiger partial charge in [-0.3, -0.25) is 105 Å². The average molecular weight is 2020 g/mol. The van der Waals surface area contributed by atoms with E-state index in [2.05, 4.69) is 75.7 Å². The summed E-state index contributed by atoms with van der Waals surface area (Å²) in [6, 6.07) is -5.05. The third-order valence-electron chi connectivity index (χ3n) is 22.4. The lowest BCUT2D eigenvalue weighted by molar-refractivity contribution is -0.156. The van der Waals surface area contributed by atoms with Crippen LogP contribution in [0.2, 0.25) is 0 Å². The zero-order chi connectivity index (χ0) is 107. The van der Waals surface area contributed by atoms with Gasteiger partial charge in [0.2, 0.25) is 88.6 Å². The molecular formula is C92H121N19O33. The first-order valence-electron chi connectivity index (χ1n) is 45.8. The molecule has 0 spiro atoms. The number of rotatable bonds is 45. The highest BCUT2D eigenvalue weighted by Crippen LogP contribution is 2.31. The molecule has 1 aliphatic rings. The van der Waals surface area contributed by atoms with E-state index in [1.807, 2.05) is 16.0 Å². The lowest BCUT2D eigenvalue weighted by atomic mass is 9.96. The number of nitrogen functional groups attached to an aromatic ring is 1. The number of phenolic OH excluding ortho intramolecular Hbond substituents is 4. The van der Waals surface area contributed by atoms with Crippen LogP contribution >= 0.6 is 0 Å². The van der Waals surface area contributed by atoms with Crippen LogP contribution < -0.4 is 91.2 Å². The fourth-order valence-corrected chi connectivity index (χ4v) is 14.7. The number of nitrogens with two attached hydrogens (primary N) is 2. The van der Waals surface area contributed by atoms with Crippen molar-refractivity contribution in [2.75, 3.05) is 51.6 Å². The lowest BCUT2D eigenvalue weighted by Crippen LogP contribution is -2.62. The minimum absolute atomic E-state index is 0.0103. The van der Waals surface area contributed by atoms with Crippen LogP contribution in [0.3, 0.4) is 0 Å². The van der Waals surface area contributed by atoms with E-state index in [-0.39, 0.29) is 55.6 Å². The van der Waals surface area contributed by atoms with Gasteiger partial charge < -0.3 is 152 Å². The number of carbonyl (C=O) groups excluding carboxylic acids is 19. The number of hydrogen-bond acceptors (Lipinski definition) is 30. The normalized spacial score (nSPS) is 19.1. The van der Waals surface area contributed by atoms with Crippen LogP contribution in [0.4, 0.5) is 5.69 Å². The maximum Gasteiger partial charge on any atom is 0.329 e. The Labute approximate surface area is 821 Å². The number of aliphatic hydroxyl groups is 1. The fraction of sp³-hybridized carbons (Fsp3) is 0.467. The molecule has 0 radical (unpaired) electrons. The SMILES string of the molecule is CCCCCCCCCC(=O)N[C@@H](Cc1c[nH]c2ccccc12)C(=O)N[C@H](CC(N)=O)C(=O)N[C@@H](CC(=O)O)C(=O)N[C@@H]1C(=O)NCC(=O)N[C@@H](CCCNC(=O)CN(CCCCNC(=O)c2cccc(O)c2O)C(=O)c2cccc(O)c2O)C(=O)N[C@@H](CC(=O)O)C(=O)N[C@H](C)C(=O)N[C@@H](CC(=O)O)C(=O)NCC(=O)N[C@H](CO)C(=O)N[C@@H](C(C)CC(=O)O)C(=O)N[C@@H](CC(=O)c2ccccc2N)C(=O)O[C@@H]1C. The van der Waals surface area contributed by atoms with Gasteiger partial charge in [0.15, 0.2) is 28.8 Å². The largest absolute Gasteiger partial charge is 0.504 e. The molecule has 2 heterocycles. The van der Waals surface area contributed by atoms with Crippen LogP contribution in [0, 0.1) is 5.92 Å². The second-order valence-corrected chi connectivity index (χ2v) is 33.8. The Morgan fingerprint density at radius 3 is 1.67 bits per heavy atom. The van der Waals surface area contributed by atoms with Crippen molar-refractivity contribution >= 4 is 153 Å². The molecule has 782 valence electrons. The van der Waals surface area contributed by atoms with E-state index in [9.17, 15) is 142 Å². The lowest BCUT2D eigenvalue weighted by Gasteiger charge is -2.30. The predicted octanol–water partition coefficient (Wildman–Crippen LogP) is -4.29. The molecule has 29 N–H and O–H groups in total. The summed E-state index contributed by atoms with van der Waals surface area (Å²) in [4.78, 5) is 324. The van der Waals surface area contributed by atoms with E-state index in [0.29, 0.717) is 29.3 Å². The maximum atomic E-state index is 15.2. The van der Waals surface area contributed by atoms with Crippen LogP contribution in [0.5, 0.6) is 23.0 Å². The van der Waals surface area contributed by atoms with Crippen molar-refractivity contribution in [3.05, 3.63) is 113 Å². The zero-order valence-electron chi connectivity index (χ0n) is 79.0. The van der Waals surface area contributed by atoms with Gasteiger partial charge in [-0.1, -0.05) is 94.8 Å². The monoisotopic (exact) mass is 2020 g/mol. The van der Waals surface area contributed by atoms with Gasteiger partial charge in [-0.25, -0.2) is 4.79 Å². The van der Waals surface area contributed by atoms with Gasteiger partial charge in [-0.15, -0.1) is 0 Å². The van der Waals surface area contributed by atoms with Crippen molar-refractivity contribution in [2.45, 2.75) is 222 Å². The highest BCUT2D eigenvalue weighted by atomic mass is 16.5. The van der Waals surface area contributed by atoms with Crippen molar-refractivity contribution in [1.29, 1.82) is 0 Å². The molecule has 5 aromatic rings. The Morgan fingerprint density at radius 2 is 1.04 bits per heavy atom. The summed E-state index contributed by atoms with van der Waals surface area (Å²) in [5, 5.41) is 125. The number of ether oxygens (including phenoxy) is 1. The van der Waals surface area contributed by atoms with Crippen molar-refractivity contribution in [1.82, 2.24) is 89.6 Å². The molecule has 0 bridgehead atoms. The first-order chi connectivity index (χ1) is 68.2. The molecule has 1 unspecified atom stereocenters. The number of Topliss-reactive ketones (excluding diaryl/α,β-unsaturated/α-hetero) is 1. The van der Waals surface area contributed by atoms with Crippen LogP contribution in [0.25, 0.3) is 10.9 Å². The molecule has 1 saturated heterocycles. The number of ketones is 1. The third kappa shape index (κ3) is 37.9. The number of fused-ring (bicyclic) bond motifs is 1. The second-order valence-electron chi connectivity index (χ2n) is 33.8. The second kappa shape index (κ2) is 57.8. The van der Waals surface area contributed by atoms with Gasteiger partial charge in [-0.05, 0) is 99.9 Å². The topological polar surface area (TPSA) is 835 Å². The smallest absolute Gasteiger partial charge is 0.329 e. The number of H-pyrrole nitrogens is 1. The van der Waals surface area contributed by atoms with E-state index in [4.69, 9.17) is 16.2 Å². The summed E-state index contributed by atoms with van der Waals surface area (Å²) < 4.78 is 5.74.